The molecule has 0 saturated carbocycles. The standard InChI is InChI=1S/C21H22F2N2O3/c22-16-2-4-17(5-3-16)25(21(26)10-15-7-8-24-11-18(15)23)12-14-1-6-19-20(9-14)28-13-27-19/h1-6,9,15,18,24H,7-8,10-13H2. The summed E-state index contributed by atoms with van der Waals surface area (Å²) < 4.78 is 38.3. The third-order valence-electron chi connectivity index (χ3n) is 5.20. The lowest BCUT2D eigenvalue weighted by Gasteiger charge is -2.29. The zero-order valence-electron chi connectivity index (χ0n) is 15.4. The zero-order valence-corrected chi connectivity index (χ0v) is 15.4. The maximum absolute atomic E-state index is 14.2. The molecule has 2 aromatic carbocycles. The van der Waals surface area contributed by atoms with E-state index in [4.69, 9.17) is 9.47 Å². The number of nitrogens with zero attached hydrogens (tertiary/aromatic N) is 1. The molecule has 2 aliphatic heterocycles. The molecule has 0 aliphatic carbocycles. The van der Waals surface area contributed by atoms with E-state index in [1.807, 2.05) is 12.1 Å². The van der Waals surface area contributed by atoms with Crippen LogP contribution in [0.3, 0.4) is 0 Å². The predicted molar refractivity (Wildman–Crippen MR) is 101 cm³/mol. The fourth-order valence-electron chi connectivity index (χ4n) is 3.61. The van der Waals surface area contributed by atoms with Gasteiger partial charge in [0, 0.05) is 24.6 Å². The smallest absolute Gasteiger partial charge is 0.231 e. The van der Waals surface area contributed by atoms with Crippen LogP contribution in [-0.2, 0) is 11.3 Å². The summed E-state index contributed by atoms with van der Waals surface area (Å²) in [6, 6.07) is 11.3. The average molecular weight is 388 g/mol. The van der Waals surface area contributed by atoms with E-state index in [9.17, 15) is 13.6 Å². The second-order valence-corrected chi connectivity index (χ2v) is 7.12. The minimum absolute atomic E-state index is 0.116. The first-order chi connectivity index (χ1) is 13.6. The van der Waals surface area contributed by atoms with Crippen molar-refractivity contribution < 1.29 is 23.0 Å². The van der Waals surface area contributed by atoms with Gasteiger partial charge in [0.25, 0.3) is 0 Å². The Morgan fingerprint density at radius 2 is 1.93 bits per heavy atom. The van der Waals surface area contributed by atoms with Gasteiger partial charge in [0.2, 0.25) is 12.7 Å². The Morgan fingerprint density at radius 3 is 2.71 bits per heavy atom. The second-order valence-electron chi connectivity index (χ2n) is 7.12. The fraction of sp³-hybridized carbons (Fsp3) is 0.381. The Kier molecular flexibility index (Phi) is 5.43. The van der Waals surface area contributed by atoms with Crippen molar-refractivity contribution >= 4 is 11.6 Å². The van der Waals surface area contributed by atoms with Gasteiger partial charge < -0.3 is 19.7 Å². The number of hydrogen-bond acceptors (Lipinski definition) is 4. The Morgan fingerprint density at radius 1 is 1.14 bits per heavy atom. The number of anilines is 1. The summed E-state index contributed by atoms with van der Waals surface area (Å²) in [5.74, 6) is 0.429. The van der Waals surface area contributed by atoms with Crippen LogP contribution in [0, 0.1) is 11.7 Å². The highest BCUT2D eigenvalue weighted by Gasteiger charge is 2.29. The van der Waals surface area contributed by atoms with E-state index in [0.717, 1.165) is 5.56 Å². The Labute approximate surface area is 162 Å². The molecule has 0 aromatic heterocycles. The molecule has 1 N–H and O–H groups in total. The minimum Gasteiger partial charge on any atom is -0.454 e. The van der Waals surface area contributed by atoms with Crippen LogP contribution in [0.4, 0.5) is 14.5 Å². The van der Waals surface area contributed by atoms with Gasteiger partial charge >= 0.3 is 0 Å². The Balaban J connectivity index is 1.56. The third kappa shape index (κ3) is 4.09. The van der Waals surface area contributed by atoms with Gasteiger partial charge in [-0.25, -0.2) is 8.78 Å². The molecule has 4 rings (SSSR count). The molecule has 28 heavy (non-hydrogen) atoms. The first kappa shape index (κ1) is 18.7. The van der Waals surface area contributed by atoms with E-state index >= 15 is 0 Å². The van der Waals surface area contributed by atoms with E-state index in [-0.39, 0.29) is 43.9 Å². The van der Waals surface area contributed by atoms with Crippen LogP contribution in [0.1, 0.15) is 18.4 Å². The number of fused-ring (bicyclic) bond motifs is 1. The van der Waals surface area contributed by atoms with E-state index in [1.165, 1.54) is 12.1 Å². The van der Waals surface area contributed by atoms with Gasteiger partial charge in [-0.15, -0.1) is 0 Å². The van der Waals surface area contributed by atoms with Crippen LogP contribution in [0.2, 0.25) is 0 Å². The quantitative estimate of drug-likeness (QED) is 0.853. The molecule has 1 saturated heterocycles. The molecule has 2 unspecified atom stereocenters. The number of halogens is 2. The minimum atomic E-state index is -1.04. The van der Waals surface area contributed by atoms with Gasteiger partial charge in [-0.3, -0.25) is 4.79 Å². The lowest BCUT2D eigenvalue weighted by atomic mass is 9.92. The number of ether oxygens (including phenoxy) is 2. The summed E-state index contributed by atoms with van der Waals surface area (Å²) in [5, 5.41) is 3.00. The highest BCUT2D eigenvalue weighted by molar-refractivity contribution is 5.93. The van der Waals surface area contributed by atoms with Crippen molar-refractivity contribution in [1.82, 2.24) is 5.32 Å². The average Bonchev–Trinajstić information content (AvgIpc) is 3.16. The largest absolute Gasteiger partial charge is 0.454 e. The van der Waals surface area contributed by atoms with Crippen LogP contribution in [0.25, 0.3) is 0 Å². The van der Waals surface area contributed by atoms with Crippen LogP contribution in [0.5, 0.6) is 11.5 Å². The van der Waals surface area contributed by atoms with Crippen LogP contribution in [0.15, 0.2) is 42.5 Å². The van der Waals surface area contributed by atoms with Gasteiger partial charge in [-0.2, -0.15) is 0 Å². The van der Waals surface area contributed by atoms with Crippen molar-refractivity contribution in [1.29, 1.82) is 0 Å². The molecule has 5 nitrogen and oxygen atoms in total. The molecule has 2 atom stereocenters. The molecule has 2 aromatic rings. The van der Waals surface area contributed by atoms with Gasteiger partial charge in [-0.05, 0) is 54.9 Å². The molecule has 2 aliphatic rings. The number of rotatable bonds is 5. The van der Waals surface area contributed by atoms with E-state index in [2.05, 4.69) is 5.32 Å². The SMILES string of the molecule is O=C(CC1CCNCC1F)N(Cc1ccc2c(c1)OCO2)c1ccc(F)cc1. The summed E-state index contributed by atoms with van der Waals surface area (Å²) in [6.07, 6.45) is -0.308. The number of benzene rings is 2. The van der Waals surface area contributed by atoms with Crippen LogP contribution >= 0.6 is 0 Å². The normalized spacial score (nSPS) is 20.8. The van der Waals surface area contributed by atoms with Crippen molar-refractivity contribution in [2.75, 3.05) is 24.8 Å². The Hall–Kier alpha value is -2.67. The van der Waals surface area contributed by atoms with Gasteiger partial charge in [0.05, 0.1) is 6.54 Å². The Bertz CT molecular complexity index is 844. The molecule has 7 heteroatoms. The van der Waals surface area contributed by atoms with Crippen molar-refractivity contribution in [3.8, 4) is 11.5 Å². The second kappa shape index (κ2) is 8.14. The number of piperidine rings is 1. The van der Waals surface area contributed by atoms with Gasteiger partial charge in [0.1, 0.15) is 12.0 Å². The van der Waals surface area contributed by atoms with Crippen molar-refractivity contribution in [3.63, 3.8) is 0 Å². The first-order valence-corrected chi connectivity index (χ1v) is 9.39. The summed E-state index contributed by atoms with van der Waals surface area (Å²) in [4.78, 5) is 14.6. The molecular formula is C21H22F2N2O3. The highest BCUT2D eigenvalue weighted by Crippen LogP contribution is 2.33. The van der Waals surface area contributed by atoms with Crippen molar-refractivity contribution in [2.24, 2.45) is 5.92 Å². The lowest BCUT2D eigenvalue weighted by molar-refractivity contribution is -0.120. The van der Waals surface area contributed by atoms with Crippen LogP contribution in [-0.4, -0.2) is 32.0 Å². The molecule has 0 spiro atoms. The van der Waals surface area contributed by atoms with E-state index in [0.29, 0.717) is 30.2 Å². The maximum Gasteiger partial charge on any atom is 0.231 e. The van der Waals surface area contributed by atoms with Gasteiger partial charge in [0.15, 0.2) is 11.5 Å². The topological polar surface area (TPSA) is 50.8 Å². The van der Waals surface area contributed by atoms with E-state index in [1.54, 1.807) is 23.1 Å². The molecule has 1 fully saturated rings. The summed E-state index contributed by atoms with van der Waals surface area (Å²) in [5.41, 5.74) is 1.43. The van der Waals surface area contributed by atoms with E-state index < -0.39 is 6.17 Å². The molecular weight excluding hydrogens is 366 g/mol. The number of amides is 1. The molecule has 2 heterocycles. The number of hydrogen-bond donors (Lipinski definition) is 1. The zero-order chi connectivity index (χ0) is 19.5. The molecule has 148 valence electrons. The highest BCUT2D eigenvalue weighted by atomic mass is 19.1. The fourth-order valence-corrected chi connectivity index (χ4v) is 3.61. The molecule has 0 bridgehead atoms. The lowest BCUT2D eigenvalue weighted by Crippen LogP contribution is -2.41. The first-order valence-electron chi connectivity index (χ1n) is 9.39. The predicted octanol–water partition coefficient (Wildman–Crippen LogP) is 3.43. The van der Waals surface area contributed by atoms with Crippen LogP contribution < -0.4 is 19.7 Å². The maximum atomic E-state index is 14.2. The number of carbonyl (C=O) groups is 1. The molecule has 0 radical (unpaired) electrons. The number of carbonyl (C=O) groups excluding carboxylic acids is 1. The third-order valence-corrected chi connectivity index (χ3v) is 5.20. The summed E-state index contributed by atoms with van der Waals surface area (Å²) in [6.45, 7) is 1.43. The van der Waals surface area contributed by atoms with Crippen molar-refractivity contribution in [2.45, 2.75) is 25.6 Å². The number of alkyl halides is 1. The van der Waals surface area contributed by atoms with Crippen molar-refractivity contribution in [3.05, 3.63) is 53.8 Å². The monoisotopic (exact) mass is 388 g/mol. The van der Waals surface area contributed by atoms with Gasteiger partial charge in [-0.1, -0.05) is 6.07 Å². The molecule has 1 amide bonds. The number of nitrogens with one attached hydrogen (secondary N) is 1. The summed E-state index contributed by atoms with van der Waals surface area (Å²) >= 11 is 0. The summed E-state index contributed by atoms with van der Waals surface area (Å²) in [7, 11) is 0.